The predicted octanol–water partition coefficient (Wildman–Crippen LogP) is 3.52. The molecule has 1 aromatic carbocycles. The highest BCUT2D eigenvalue weighted by Gasteiger charge is 2.58. The maximum atomic E-state index is 13.2. The van der Waals surface area contributed by atoms with Crippen LogP contribution in [-0.4, -0.2) is 17.9 Å². The molecule has 5 atom stereocenters. The van der Waals surface area contributed by atoms with E-state index in [-0.39, 0.29) is 23.3 Å². The van der Waals surface area contributed by atoms with Crippen molar-refractivity contribution in [1.29, 1.82) is 0 Å². The van der Waals surface area contributed by atoms with Gasteiger partial charge in [-0.1, -0.05) is 28.1 Å². The van der Waals surface area contributed by atoms with Crippen molar-refractivity contribution in [3.05, 3.63) is 34.3 Å². The summed E-state index contributed by atoms with van der Waals surface area (Å²) in [4.78, 5) is 25.3. The van der Waals surface area contributed by atoms with Crippen LogP contribution in [-0.2, 0) is 15.0 Å². The Labute approximate surface area is 163 Å². The molecule has 0 spiro atoms. The van der Waals surface area contributed by atoms with Crippen LogP contribution in [0.1, 0.15) is 51.5 Å². The van der Waals surface area contributed by atoms with Crippen LogP contribution in [0.15, 0.2) is 28.7 Å². The predicted molar refractivity (Wildman–Crippen MR) is 104 cm³/mol. The molecule has 0 aromatic heterocycles. The molecule has 0 aliphatic heterocycles. The minimum absolute atomic E-state index is 0.0706. The molecule has 4 bridgehead atoms. The van der Waals surface area contributed by atoms with Crippen LogP contribution in [0, 0.1) is 23.2 Å². The fourth-order valence-electron chi connectivity index (χ4n) is 5.90. The first-order valence-electron chi connectivity index (χ1n) is 9.58. The molecule has 26 heavy (non-hydrogen) atoms. The van der Waals surface area contributed by atoms with Crippen molar-refractivity contribution in [3.63, 3.8) is 0 Å². The largest absolute Gasteiger partial charge is 0.369 e. The topological polar surface area (TPSA) is 72.2 Å². The van der Waals surface area contributed by atoms with Crippen molar-refractivity contribution in [2.75, 3.05) is 0 Å². The first kappa shape index (κ1) is 18.0. The van der Waals surface area contributed by atoms with E-state index in [0.29, 0.717) is 17.8 Å². The molecule has 0 heterocycles. The quantitative estimate of drug-likeness (QED) is 0.784. The summed E-state index contributed by atoms with van der Waals surface area (Å²) in [7, 11) is 0. The first-order valence-corrected chi connectivity index (χ1v) is 10.4. The number of primary amides is 1. The second kappa shape index (κ2) is 6.08. The highest BCUT2D eigenvalue weighted by atomic mass is 79.9. The fourth-order valence-corrected chi connectivity index (χ4v) is 6.30. The van der Waals surface area contributed by atoms with Gasteiger partial charge in [-0.3, -0.25) is 9.59 Å². The van der Waals surface area contributed by atoms with Crippen LogP contribution in [0.2, 0.25) is 0 Å². The molecule has 4 nitrogen and oxygen atoms in total. The number of carbonyl (C=O) groups excluding carboxylic acids is 2. The molecule has 0 radical (unpaired) electrons. The van der Waals surface area contributed by atoms with E-state index in [1.807, 2.05) is 38.1 Å². The van der Waals surface area contributed by atoms with Crippen LogP contribution >= 0.6 is 15.9 Å². The van der Waals surface area contributed by atoms with E-state index >= 15 is 0 Å². The number of benzene rings is 1. The van der Waals surface area contributed by atoms with Gasteiger partial charge >= 0.3 is 0 Å². The molecule has 4 fully saturated rings. The minimum Gasteiger partial charge on any atom is -0.369 e. The van der Waals surface area contributed by atoms with Crippen LogP contribution in [0.3, 0.4) is 0 Å². The van der Waals surface area contributed by atoms with Crippen molar-refractivity contribution in [1.82, 2.24) is 5.32 Å². The third kappa shape index (κ3) is 2.79. The Morgan fingerprint density at radius 1 is 1.19 bits per heavy atom. The highest BCUT2D eigenvalue weighted by molar-refractivity contribution is 9.10. The summed E-state index contributed by atoms with van der Waals surface area (Å²) in [6.45, 7) is 3.95. The van der Waals surface area contributed by atoms with Crippen molar-refractivity contribution in [2.45, 2.75) is 57.4 Å². The van der Waals surface area contributed by atoms with Gasteiger partial charge in [0.05, 0.1) is 5.41 Å². The van der Waals surface area contributed by atoms with Crippen LogP contribution < -0.4 is 11.1 Å². The maximum absolute atomic E-state index is 13.2. The molecule has 0 saturated heterocycles. The Morgan fingerprint density at radius 3 is 2.42 bits per heavy atom. The third-order valence-electron chi connectivity index (χ3n) is 7.21. The average Bonchev–Trinajstić information content (AvgIpc) is 2.57. The molecule has 4 aliphatic rings. The first-order chi connectivity index (χ1) is 12.2. The van der Waals surface area contributed by atoms with E-state index in [4.69, 9.17) is 5.73 Å². The second-order valence-electron chi connectivity index (χ2n) is 9.25. The lowest BCUT2D eigenvalue weighted by atomic mass is 9.47. The molecule has 3 N–H and O–H groups in total. The molecule has 5 heteroatoms. The number of nitrogens with two attached hydrogens (primary N) is 1. The van der Waals surface area contributed by atoms with Crippen LogP contribution in [0.5, 0.6) is 0 Å². The van der Waals surface area contributed by atoms with E-state index in [1.165, 1.54) is 0 Å². The number of amides is 2. The zero-order valence-corrected chi connectivity index (χ0v) is 17.0. The summed E-state index contributed by atoms with van der Waals surface area (Å²) in [6.07, 6.45) is 4.89. The number of nitrogens with one attached hydrogen (secondary N) is 1. The maximum Gasteiger partial charge on any atom is 0.230 e. The van der Waals surface area contributed by atoms with Crippen molar-refractivity contribution >= 4 is 27.7 Å². The molecule has 4 aliphatic carbocycles. The number of halogens is 1. The lowest BCUT2D eigenvalue weighted by Crippen LogP contribution is -2.63. The van der Waals surface area contributed by atoms with Gasteiger partial charge in [-0.05, 0) is 81.4 Å². The van der Waals surface area contributed by atoms with Crippen LogP contribution in [0.25, 0.3) is 0 Å². The third-order valence-corrected chi connectivity index (χ3v) is 7.70. The monoisotopic (exact) mass is 418 g/mol. The van der Waals surface area contributed by atoms with Gasteiger partial charge in [-0.25, -0.2) is 0 Å². The molecule has 1 aromatic rings. The summed E-state index contributed by atoms with van der Waals surface area (Å²) in [5, 5.41) is 3.37. The van der Waals surface area contributed by atoms with Gasteiger partial charge in [0, 0.05) is 15.9 Å². The molecule has 5 rings (SSSR count). The van der Waals surface area contributed by atoms with Gasteiger partial charge in [0.15, 0.2) is 0 Å². The van der Waals surface area contributed by atoms with E-state index in [1.54, 1.807) is 0 Å². The van der Waals surface area contributed by atoms with Crippen molar-refractivity contribution < 1.29 is 9.59 Å². The lowest BCUT2D eigenvalue weighted by Gasteiger charge is -2.59. The smallest absolute Gasteiger partial charge is 0.230 e. The molecule has 140 valence electrons. The van der Waals surface area contributed by atoms with E-state index in [0.717, 1.165) is 42.1 Å². The number of hydrogen-bond donors (Lipinski definition) is 2. The minimum atomic E-state index is -0.597. The Balaban J connectivity index is 1.53. The molecule has 2 amide bonds. The zero-order valence-electron chi connectivity index (χ0n) is 15.4. The van der Waals surface area contributed by atoms with Gasteiger partial charge in [-0.15, -0.1) is 0 Å². The summed E-state index contributed by atoms with van der Waals surface area (Å²) < 4.78 is 0.980. The number of carbonyl (C=O) groups is 2. The second-order valence-corrected chi connectivity index (χ2v) is 10.2. The average molecular weight is 419 g/mol. The number of rotatable bonds is 4. The van der Waals surface area contributed by atoms with E-state index < -0.39 is 5.41 Å². The highest BCUT2D eigenvalue weighted by Crippen LogP contribution is 2.60. The zero-order chi connectivity index (χ0) is 18.7. The Morgan fingerprint density at radius 2 is 1.85 bits per heavy atom. The van der Waals surface area contributed by atoms with Crippen molar-refractivity contribution in [2.24, 2.45) is 28.9 Å². The van der Waals surface area contributed by atoms with Gasteiger partial charge in [0.1, 0.15) is 0 Å². The standard InChI is InChI=1S/C21H27BrN2O2/c1-20(2,15-4-3-5-16(22)8-15)19(26)24-17-13-6-12-7-14(17)11-21(9-12,10-13)18(23)25/h3-5,8,12-14,17H,6-7,9-11H2,1-2H3,(H2,23,25)(H,24,26)/t12?,13-,14+,17?,21?. The normalized spacial score (nSPS) is 35.3. The van der Waals surface area contributed by atoms with Gasteiger partial charge in [-0.2, -0.15) is 0 Å². The molecule has 4 saturated carbocycles. The Bertz CT molecular complexity index is 744. The summed E-state index contributed by atoms with van der Waals surface area (Å²) >= 11 is 3.50. The van der Waals surface area contributed by atoms with Gasteiger partial charge < -0.3 is 11.1 Å². The molecular formula is C21H27BrN2O2. The Kier molecular flexibility index (Phi) is 4.22. The fraction of sp³-hybridized carbons (Fsp3) is 0.619. The van der Waals surface area contributed by atoms with E-state index in [2.05, 4.69) is 21.2 Å². The summed E-state index contributed by atoms with van der Waals surface area (Å²) in [6, 6.07) is 8.13. The van der Waals surface area contributed by atoms with Gasteiger partial charge in [0.25, 0.3) is 0 Å². The lowest BCUT2D eigenvalue weighted by molar-refractivity contribution is -0.148. The Hall–Kier alpha value is -1.36. The van der Waals surface area contributed by atoms with Gasteiger partial charge in [0.2, 0.25) is 11.8 Å². The summed E-state index contributed by atoms with van der Waals surface area (Å²) in [5.41, 5.74) is 5.86. The number of hydrogen-bond acceptors (Lipinski definition) is 2. The summed E-state index contributed by atoms with van der Waals surface area (Å²) in [5.74, 6) is 1.32. The SMILES string of the molecule is CC(C)(C(=O)NC1[C@@H]2CC3C[C@H]1CC(C(N)=O)(C3)C2)c1cccc(Br)c1. The van der Waals surface area contributed by atoms with Crippen molar-refractivity contribution in [3.8, 4) is 0 Å². The molecular weight excluding hydrogens is 392 g/mol. The van der Waals surface area contributed by atoms with Crippen LogP contribution in [0.4, 0.5) is 0 Å². The van der Waals surface area contributed by atoms with E-state index in [9.17, 15) is 9.59 Å². The molecule has 3 unspecified atom stereocenters.